The molecule has 5 rings (SSSR count). The highest BCUT2D eigenvalue weighted by Crippen LogP contribution is 2.34. The Kier molecular flexibility index (Phi) is 6.66. The molecule has 7 heteroatoms. The smallest absolute Gasteiger partial charge is 0.292 e. The Balaban J connectivity index is 1.25. The summed E-state index contributed by atoms with van der Waals surface area (Å²) in [5.74, 6) is 0.0435. The van der Waals surface area contributed by atoms with Gasteiger partial charge in [-0.2, -0.15) is 0 Å². The fraction of sp³-hybridized carbons (Fsp3) is 0.321. The van der Waals surface area contributed by atoms with E-state index in [1.807, 2.05) is 59.5 Å². The average Bonchev–Trinajstić information content (AvgIpc) is 2.93. The third kappa shape index (κ3) is 4.99. The Morgan fingerprint density at radius 2 is 1.37 bits per heavy atom. The van der Waals surface area contributed by atoms with Gasteiger partial charge in [-0.25, -0.2) is 0 Å². The molecular weight excluding hydrogens is 440 g/mol. The van der Waals surface area contributed by atoms with Crippen molar-refractivity contribution in [2.45, 2.75) is 19.3 Å². The van der Waals surface area contributed by atoms with E-state index in [-0.39, 0.29) is 16.5 Å². The van der Waals surface area contributed by atoms with E-state index in [4.69, 9.17) is 0 Å². The van der Waals surface area contributed by atoms with Gasteiger partial charge in [0.1, 0.15) is 5.69 Å². The molecule has 0 radical (unpaired) electrons. The van der Waals surface area contributed by atoms with Gasteiger partial charge in [0.25, 0.3) is 11.6 Å². The summed E-state index contributed by atoms with van der Waals surface area (Å²) in [6.07, 6.45) is 3.30. The highest BCUT2D eigenvalue weighted by molar-refractivity contribution is 5.95. The van der Waals surface area contributed by atoms with Gasteiger partial charge in [-0.1, -0.05) is 42.5 Å². The van der Waals surface area contributed by atoms with Crippen LogP contribution in [0.5, 0.6) is 0 Å². The van der Waals surface area contributed by atoms with Crippen LogP contribution in [0.25, 0.3) is 11.1 Å². The lowest BCUT2D eigenvalue weighted by atomic mass is 10.0. The van der Waals surface area contributed by atoms with Crippen molar-refractivity contribution in [1.82, 2.24) is 4.90 Å². The zero-order valence-electron chi connectivity index (χ0n) is 19.8. The summed E-state index contributed by atoms with van der Waals surface area (Å²) in [6.45, 7) is 4.35. The summed E-state index contributed by atoms with van der Waals surface area (Å²) in [5.41, 5.74) is 4.78. The number of rotatable bonds is 5. The highest BCUT2D eigenvalue weighted by atomic mass is 16.6. The van der Waals surface area contributed by atoms with Crippen LogP contribution >= 0.6 is 0 Å². The van der Waals surface area contributed by atoms with E-state index in [0.717, 1.165) is 42.7 Å². The van der Waals surface area contributed by atoms with Crippen molar-refractivity contribution in [3.8, 4) is 11.1 Å². The number of nitrogens with zero attached hydrogens (tertiary/aromatic N) is 4. The topological polar surface area (TPSA) is 69.9 Å². The third-order valence-corrected chi connectivity index (χ3v) is 7.02. The molecule has 0 aromatic heterocycles. The van der Waals surface area contributed by atoms with Gasteiger partial charge in [-0.15, -0.1) is 0 Å². The number of amides is 1. The minimum absolute atomic E-state index is 0.0435. The molecule has 2 fully saturated rings. The van der Waals surface area contributed by atoms with Crippen molar-refractivity contribution in [3.05, 3.63) is 88.5 Å². The van der Waals surface area contributed by atoms with Gasteiger partial charge in [-0.3, -0.25) is 14.9 Å². The molecule has 3 aromatic rings. The molecule has 180 valence electrons. The molecule has 0 unspecified atom stereocenters. The fourth-order valence-corrected chi connectivity index (χ4v) is 5.04. The standard InChI is InChI=1S/C28H30N4O3/c33-28(24-11-9-23(10-12-24)22-7-3-1-4-8-22)31-19-17-29(18-20-31)25-13-14-26(32(34)35)27(21-25)30-15-5-2-6-16-30/h1,3-4,7-14,21H,2,5-6,15-20H2. The van der Waals surface area contributed by atoms with Crippen LogP contribution in [0.3, 0.4) is 0 Å². The molecule has 0 atom stereocenters. The van der Waals surface area contributed by atoms with E-state index in [2.05, 4.69) is 21.9 Å². The van der Waals surface area contributed by atoms with E-state index in [1.54, 1.807) is 6.07 Å². The summed E-state index contributed by atoms with van der Waals surface area (Å²) in [7, 11) is 0. The SMILES string of the molecule is O=C(c1ccc(-c2ccccc2)cc1)N1CCN(c2ccc([N+](=O)[O-])c(N3CCCCC3)c2)CC1. The number of piperazine rings is 1. The van der Waals surface area contributed by atoms with Crippen LogP contribution in [-0.2, 0) is 0 Å². The number of hydrogen-bond acceptors (Lipinski definition) is 5. The third-order valence-electron chi connectivity index (χ3n) is 7.02. The van der Waals surface area contributed by atoms with E-state index in [9.17, 15) is 14.9 Å². The van der Waals surface area contributed by atoms with Gasteiger partial charge in [-0.05, 0) is 54.7 Å². The second-order valence-electron chi connectivity index (χ2n) is 9.20. The van der Waals surface area contributed by atoms with E-state index in [1.165, 1.54) is 6.42 Å². The van der Waals surface area contributed by atoms with Gasteiger partial charge < -0.3 is 14.7 Å². The normalized spacial score (nSPS) is 16.3. The maximum atomic E-state index is 13.1. The Bertz CT molecular complexity index is 1180. The molecule has 2 aliphatic rings. The first-order valence-corrected chi connectivity index (χ1v) is 12.3. The van der Waals surface area contributed by atoms with Crippen molar-refractivity contribution in [1.29, 1.82) is 0 Å². The summed E-state index contributed by atoms with van der Waals surface area (Å²) >= 11 is 0. The maximum Gasteiger partial charge on any atom is 0.292 e. The molecule has 1 amide bonds. The van der Waals surface area contributed by atoms with Crippen LogP contribution < -0.4 is 9.80 Å². The molecule has 0 bridgehead atoms. The summed E-state index contributed by atoms with van der Waals surface area (Å²) < 4.78 is 0. The number of carbonyl (C=O) groups is 1. The van der Waals surface area contributed by atoms with Crippen LogP contribution in [-0.4, -0.2) is 55.0 Å². The summed E-state index contributed by atoms with van der Waals surface area (Å²) in [6, 6.07) is 23.4. The van der Waals surface area contributed by atoms with Gasteiger partial charge in [0.15, 0.2) is 0 Å². The minimum Gasteiger partial charge on any atom is -0.368 e. The van der Waals surface area contributed by atoms with E-state index in [0.29, 0.717) is 37.4 Å². The lowest BCUT2D eigenvalue weighted by molar-refractivity contribution is -0.384. The highest BCUT2D eigenvalue weighted by Gasteiger charge is 2.26. The van der Waals surface area contributed by atoms with E-state index < -0.39 is 0 Å². The number of benzene rings is 3. The van der Waals surface area contributed by atoms with Crippen LogP contribution in [0.15, 0.2) is 72.8 Å². The van der Waals surface area contributed by atoms with Crippen LogP contribution in [0, 0.1) is 10.1 Å². The zero-order chi connectivity index (χ0) is 24.2. The molecule has 7 nitrogen and oxygen atoms in total. The number of piperidine rings is 1. The number of hydrogen-bond donors (Lipinski definition) is 0. The molecule has 0 N–H and O–H groups in total. The lowest BCUT2D eigenvalue weighted by Crippen LogP contribution is -2.48. The molecule has 2 heterocycles. The van der Waals surface area contributed by atoms with Gasteiger partial charge >= 0.3 is 0 Å². The Morgan fingerprint density at radius 1 is 0.714 bits per heavy atom. The van der Waals surface area contributed by atoms with Crippen molar-refractivity contribution in [2.24, 2.45) is 0 Å². The van der Waals surface area contributed by atoms with Gasteiger partial charge in [0.05, 0.1) is 4.92 Å². The molecule has 0 spiro atoms. The van der Waals surface area contributed by atoms with Gasteiger partial charge in [0.2, 0.25) is 0 Å². The molecular formula is C28H30N4O3. The molecule has 2 aliphatic heterocycles. The van der Waals surface area contributed by atoms with Crippen LogP contribution in [0.4, 0.5) is 17.1 Å². The molecule has 3 aromatic carbocycles. The summed E-state index contributed by atoms with van der Waals surface area (Å²) in [5, 5.41) is 11.6. The number of nitro groups is 1. The Labute approximate surface area is 205 Å². The van der Waals surface area contributed by atoms with E-state index >= 15 is 0 Å². The molecule has 0 aliphatic carbocycles. The first-order valence-electron chi connectivity index (χ1n) is 12.3. The van der Waals surface area contributed by atoms with Crippen molar-refractivity contribution < 1.29 is 9.72 Å². The predicted octanol–water partition coefficient (Wildman–Crippen LogP) is 5.21. The van der Waals surface area contributed by atoms with Crippen molar-refractivity contribution in [3.63, 3.8) is 0 Å². The first-order chi connectivity index (χ1) is 17.1. The zero-order valence-corrected chi connectivity index (χ0v) is 19.8. The summed E-state index contributed by atoms with van der Waals surface area (Å²) in [4.78, 5) is 30.7. The van der Waals surface area contributed by atoms with Crippen LogP contribution in [0.1, 0.15) is 29.6 Å². The second kappa shape index (κ2) is 10.2. The average molecular weight is 471 g/mol. The molecule has 35 heavy (non-hydrogen) atoms. The largest absolute Gasteiger partial charge is 0.368 e. The Hall–Kier alpha value is -3.87. The molecule has 2 saturated heterocycles. The number of nitro benzene ring substituents is 1. The maximum absolute atomic E-state index is 13.1. The number of anilines is 2. The first kappa shape index (κ1) is 22.9. The van der Waals surface area contributed by atoms with Crippen LogP contribution in [0.2, 0.25) is 0 Å². The molecule has 0 saturated carbocycles. The lowest BCUT2D eigenvalue weighted by Gasteiger charge is -2.37. The van der Waals surface area contributed by atoms with Gasteiger partial charge in [0, 0.05) is 56.6 Å². The van der Waals surface area contributed by atoms with Crippen molar-refractivity contribution in [2.75, 3.05) is 49.1 Å². The minimum atomic E-state index is -0.284. The second-order valence-corrected chi connectivity index (χ2v) is 9.20. The Morgan fingerprint density at radius 3 is 2.03 bits per heavy atom. The van der Waals surface area contributed by atoms with Crippen molar-refractivity contribution >= 4 is 23.0 Å². The fourth-order valence-electron chi connectivity index (χ4n) is 5.04. The number of carbonyl (C=O) groups excluding carboxylic acids is 1. The quantitative estimate of drug-likeness (QED) is 0.378. The monoisotopic (exact) mass is 470 g/mol. The predicted molar refractivity (Wildman–Crippen MR) is 139 cm³/mol.